The van der Waals surface area contributed by atoms with Gasteiger partial charge in [0.05, 0.1) is 17.4 Å². The van der Waals surface area contributed by atoms with Gasteiger partial charge >= 0.3 is 16.3 Å². The number of aliphatic hydroxyl groups is 1. The number of benzene rings is 1. The van der Waals surface area contributed by atoms with Crippen LogP contribution in [0.25, 0.3) is 0 Å². The Labute approximate surface area is 195 Å². The minimum absolute atomic E-state index is 0.199. The molecule has 33 heavy (non-hydrogen) atoms. The Morgan fingerprint density at radius 2 is 2.03 bits per heavy atom. The first-order valence-corrected chi connectivity index (χ1v) is 12.4. The van der Waals surface area contributed by atoms with Crippen LogP contribution in [0.3, 0.4) is 0 Å². The van der Waals surface area contributed by atoms with Gasteiger partial charge in [-0.2, -0.15) is 8.42 Å². The topological polar surface area (TPSA) is 161 Å². The largest absolute Gasteiger partial charge is 0.370 e. The molecule has 2 atom stereocenters. The third-order valence-electron chi connectivity index (χ3n) is 4.83. The van der Waals surface area contributed by atoms with E-state index in [1.54, 1.807) is 19.1 Å². The van der Waals surface area contributed by atoms with Crippen molar-refractivity contribution in [2.24, 2.45) is 0 Å². The van der Waals surface area contributed by atoms with Gasteiger partial charge in [-0.1, -0.05) is 19.1 Å². The molecule has 0 bridgehead atoms. The van der Waals surface area contributed by atoms with Gasteiger partial charge in [-0.25, -0.2) is 9.78 Å². The van der Waals surface area contributed by atoms with Gasteiger partial charge < -0.3 is 15.7 Å². The highest BCUT2D eigenvalue weighted by atomic mass is 32.2. The van der Waals surface area contributed by atoms with Crippen LogP contribution in [-0.2, 0) is 27.9 Å². The molecule has 0 saturated carbocycles. The summed E-state index contributed by atoms with van der Waals surface area (Å²) in [4.78, 5) is 30.6. The van der Waals surface area contributed by atoms with Gasteiger partial charge in [0.1, 0.15) is 11.6 Å². The third kappa shape index (κ3) is 6.99. The Kier molecular flexibility index (Phi) is 7.68. The Hall–Kier alpha value is -3.00. The monoisotopic (exact) mass is 495 g/mol. The van der Waals surface area contributed by atoms with E-state index in [0.717, 1.165) is 17.7 Å². The van der Waals surface area contributed by atoms with E-state index in [4.69, 9.17) is 4.55 Å². The van der Waals surface area contributed by atoms with Gasteiger partial charge in [-0.3, -0.25) is 19.0 Å². The highest BCUT2D eigenvalue weighted by molar-refractivity contribution is 7.87. The van der Waals surface area contributed by atoms with E-state index >= 15 is 0 Å². The summed E-state index contributed by atoms with van der Waals surface area (Å²) in [6, 6.07) is 5.28. The SMILES string of the molecule is CCc1csc([C@H](Cc2ccc(NS(=O)(=O)O)cc2)NC(=O)CN2C=C(C)C(O)NC2=O)n1. The van der Waals surface area contributed by atoms with Crippen molar-refractivity contribution in [3.05, 3.63) is 57.7 Å². The molecule has 2 heterocycles. The standard InChI is InChI=1S/C20H25N5O6S2/c1-3-14-11-32-19(21-14)16(8-13-4-6-15(7-5-13)24-33(29,30)31)22-17(26)10-25-9-12(2)18(27)23-20(25)28/h4-7,9,11,16,18,24,27H,3,8,10H2,1-2H3,(H,22,26)(H,23,28)(H,29,30,31)/t16-,18?/m0/s1. The summed E-state index contributed by atoms with van der Waals surface area (Å²) in [6.45, 7) is 3.38. The zero-order valence-corrected chi connectivity index (χ0v) is 19.6. The number of aryl methyl sites for hydroxylation is 1. The second-order valence-electron chi connectivity index (χ2n) is 7.48. The quantitative estimate of drug-likeness (QED) is 0.330. The van der Waals surface area contributed by atoms with Gasteiger partial charge in [-0.05, 0) is 43.0 Å². The Bertz CT molecular complexity index is 1150. The Morgan fingerprint density at radius 3 is 2.64 bits per heavy atom. The number of urea groups is 1. The van der Waals surface area contributed by atoms with Gasteiger partial charge in [0.15, 0.2) is 6.23 Å². The number of hydrogen-bond donors (Lipinski definition) is 5. The van der Waals surface area contributed by atoms with Crippen LogP contribution in [0.15, 0.2) is 41.4 Å². The number of rotatable bonds is 9. The fourth-order valence-electron chi connectivity index (χ4n) is 3.14. The molecule has 1 aromatic heterocycles. The fourth-order valence-corrected chi connectivity index (χ4v) is 4.53. The average molecular weight is 496 g/mol. The molecule has 1 aliphatic rings. The summed E-state index contributed by atoms with van der Waals surface area (Å²) < 4.78 is 32.8. The van der Waals surface area contributed by atoms with Crippen molar-refractivity contribution in [2.75, 3.05) is 11.3 Å². The average Bonchev–Trinajstić information content (AvgIpc) is 3.21. The number of carbonyl (C=O) groups excluding carboxylic acids is 2. The number of aromatic nitrogens is 1. The normalized spacial score (nSPS) is 17.2. The maximum Gasteiger partial charge on any atom is 0.357 e. The number of nitrogens with one attached hydrogen (secondary N) is 3. The molecule has 1 aromatic carbocycles. The lowest BCUT2D eigenvalue weighted by Gasteiger charge is -2.28. The predicted octanol–water partition coefficient (Wildman–Crippen LogP) is 1.57. The molecule has 1 aliphatic heterocycles. The molecular weight excluding hydrogens is 470 g/mol. The molecule has 13 heteroatoms. The van der Waals surface area contributed by atoms with Crippen LogP contribution in [0.2, 0.25) is 0 Å². The minimum Gasteiger partial charge on any atom is -0.370 e. The Balaban J connectivity index is 1.74. The first-order chi connectivity index (χ1) is 15.5. The zero-order valence-electron chi connectivity index (χ0n) is 18.0. The molecule has 11 nitrogen and oxygen atoms in total. The highest BCUT2D eigenvalue weighted by Crippen LogP contribution is 2.24. The van der Waals surface area contributed by atoms with Crippen LogP contribution >= 0.6 is 11.3 Å². The second kappa shape index (κ2) is 10.3. The second-order valence-corrected chi connectivity index (χ2v) is 9.53. The lowest BCUT2D eigenvalue weighted by atomic mass is 10.1. The molecule has 1 unspecified atom stereocenters. The van der Waals surface area contributed by atoms with Crippen LogP contribution in [0.4, 0.5) is 10.5 Å². The molecule has 0 fully saturated rings. The summed E-state index contributed by atoms with van der Waals surface area (Å²) in [5.41, 5.74) is 2.39. The van der Waals surface area contributed by atoms with E-state index in [9.17, 15) is 23.1 Å². The lowest BCUT2D eigenvalue weighted by molar-refractivity contribution is -0.122. The molecule has 0 aliphatic carbocycles. The van der Waals surface area contributed by atoms with Crippen molar-refractivity contribution in [3.63, 3.8) is 0 Å². The maximum atomic E-state index is 12.8. The van der Waals surface area contributed by atoms with Crippen molar-refractivity contribution >= 4 is 39.3 Å². The van der Waals surface area contributed by atoms with E-state index in [0.29, 0.717) is 17.0 Å². The summed E-state index contributed by atoms with van der Waals surface area (Å²) in [6.07, 6.45) is 1.46. The molecule has 3 amide bonds. The number of nitrogens with zero attached hydrogens (tertiary/aromatic N) is 2. The van der Waals surface area contributed by atoms with Crippen molar-refractivity contribution in [1.29, 1.82) is 0 Å². The van der Waals surface area contributed by atoms with Crippen molar-refractivity contribution in [2.45, 2.75) is 39.0 Å². The number of amides is 3. The first kappa shape index (κ1) is 24.6. The van der Waals surface area contributed by atoms with E-state index in [1.165, 1.54) is 34.6 Å². The highest BCUT2D eigenvalue weighted by Gasteiger charge is 2.26. The lowest BCUT2D eigenvalue weighted by Crippen LogP contribution is -2.50. The van der Waals surface area contributed by atoms with Crippen LogP contribution in [0.5, 0.6) is 0 Å². The third-order valence-corrected chi connectivity index (χ3v) is 6.33. The van der Waals surface area contributed by atoms with Gasteiger partial charge in [0, 0.05) is 11.6 Å². The van der Waals surface area contributed by atoms with E-state index < -0.39 is 34.5 Å². The van der Waals surface area contributed by atoms with Gasteiger partial charge in [-0.15, -0.1) is 11.3 Å². The molecule has 5 N–H and O–H groups in total. The van der Waals surface area contributed by atoms with E-state index in [-0.39, 0.29) is 12.2 Å². The van der Waals surface area contributed by atoms with Crippen LogP contribution < -0.4 is 15.4 Å². The maximum absolute atomic E-state index is 12.8. The fraction of sp³-hybridized carbons (Fsp3) is 0.350. The predicted molar refractivity (Wildman–Crippen MR) is 123 cm³/mol. The number of aliphatic hydroxyl groups excluding tert-OH is 1. The number of carbonyl (C=O) groups is 2. The van der Waals surface area contributed by atoms with Crippen LogP contribution in [-0.4, -0.2) is 52.7 Å². The van der Waals surface area contributed by atoms with Crippen molar-refractivity contribution < 1.29 is 27.7 Å². The first-order valence-electron chi connectivity index (χ1n) is 10.1. The van der Waals surface area contributed by atoms with Crippen molar-refractivity contribution in [3.8, 4) is 0 Å². The molecule has 178 valence electrons. The smallest absolute Gasteiger partial charge is 0.357 e. The summed E-state index contributed by atoms with van der Waals surface area (Å²) in [5.74, 6) is -0.409. The minimum atomic E-state index is -4.37. The number of anilines is 1. The zero-order chi connectivity index (χ0) is 24.2. The van der Waals surface area contributed by atoms with E-state index in [2.05, 4.69) is 15.6 Å². The van der Waals surface area contributed by atoms with Gasteiger partial charge in [0.2, 0.25) is 5.91 Å². The molecule has 2 aromatic rings. The number of thiazole rings is 1. The molecule has 0 radical (unpaired) electrons. The van der Waals surface area contributed by atoms with Crippen LogP contribution in [0, 0.1) is 0 Å². The Morgan fingerprint density at radius 1 is 1.33 bits per heavy atom. The summed E-state index contributed by atoms with van der Waals surface area (Å²) in [5, 5.41) is 17.6. The van der Waals surface area contributed by atoms with Gasteiger partial charge in [0.25, 0.3) is 0 Å². The summed E-state index contributed by atoms with van der Waals surface area (Å²) >= 11 is 1.41. The number of hydrogen-bond acceptors (Lipinski definition) is 7. The van der Waals surface area contributed by atoms with E-state index in [1.807, 2.05) is 17.0 Å². The molecular formula is C20H25N5O6S2. The molecule has 3 rings (SSSR count). The summed E-state index contributed by atoms with van der Waals surface area (Å²) in [7, 11) is -4.37. The molecule has 0 saturated heterocycles. The van der Waals surface area contributed by atoms with Crippen molar-refractivity contribution in [1.82, 2.24) is 20.5 Å². The van der Waals surface area contributed by atoms with Crippen LogP contribution in [0.1, 0.15) is 36.2 Å². The molecule has 0 spiro atoms.